The van der Waals surface area contributed by atoms with Crippen LogP contribution in [0.2, 0.25) is 0 Å². The van der Waals surface area contributed by atoms with Crippen LogP contribution in [0.3, 0.4) is 0 Å². The lowest BCUT2D eigenvalue weighted by Crippen LogP contribution is -1.99. The standard InChI is InChI=1S/C12H11O4P.N3.H3N/c13-17(14,15-11-7-3-1-4-8-11)16-12-9-5-2-6-10-12;1-3-2;/h1-10H,(H,13,14);;1H3/q;-1;/p+1. The Hall–Kier alpha value is -2.50. The minimum absolute atomic E-state index is 0. The molecule has 0 bridgehead atoms. The van der Waals surface area contributed by atoms with Crippen molar-refractivity contribution in [3.63, 3.8) is 0 Å². The molecule has 0 unspecified atom stereocenters. The van der Waals surface area contributed by atoms with Gasteiger partial charge in [0.05, 0.1) is 0 Å². The first kappa shape index (κ1) is 18.5. The van der Waals surface area contributed by atoms with Crippen molar-refractivity contribution in [2.24, 2.45) is 0 Å². The van der Waals surface area contributed by atoms with Gasteiger partial charge in [-0.2, -0.15) is 0 Å². The van der Waals surface area contributed by atoms with E-state index >= 15 is 0 Å². The minimum atomic E-state index is -4.14. The molecule has 0 aliphatic rings. The molecule has 21 heavy (non-hydrogen) atoms. The largest absolute Gasteiger partial charge is 0.584 e. The molecule has 0 aliphatic heterocycles. The average molecular weight is 310 g/mol. The Morgan fingerprint density at radius 2 is 1.14 bits per heavy atom. The number of benzene rings is 2. The molecule has 112 valence electrons. The Morgan fingerprint density at radius 1 is 0.857 bits per heavy atom. The fraction of sp³-hybridized carbons (Fsp3) is 0. The maximum atomic E-state index is 11.7. The zero-order chi connectivity index (χ0) is 14.8. The topological polar surface area (TPSA) is 151 Å². The fourth-order valence-corrected chi connectivity index (χ4v) is 2.06. The zero-order valence-electron chi connectivity index (χ0n) is 11.2. The van der Waals surface area contributed by atoms with E-state index in [1.165, 1.54) is 4.91 Å². The monoisotopic (exact) mass is 310 g/mol. The molecule has 0 radical (unpaired) electrons. The number of phosphoric ester groups is 1. The van der Waals surface area contributed by atoms with Gasteiger partial charge in [0.2, 0.25) is 0 Å². The fourth-order valence-electron chi connectivity index (χ4n) is 1.25. The summed E-state index contributed by atoms with van der Waals surface area (Å²) in [7, 11) is -4.14. The molecule has 5 N–H and O–H groups in total. The SMILES string of the molecule is O=P(O)(Oc1ccccc1)Oc1ccccc1.[N-]=[N+]=[N-].[NH4+]. The van der Waals surface area contributed by atoms with Crippen LogP contribution in [0.1, 0.15) is 0 Å². The Bertz CT molecular complexity index is 558. The quantitative estimate of drug-likeness (QED) is 0.370. The van der Waals surface area contributed by atoms with Crippen LogP contribution in [0, 0.1) is 0 Å². The van der Waals surface area contributed by atoms with Gasteiger partial charge in [-0.15, -0.1) is 0 Å². The van der Waals surface area contributed by atoms with E-state index in [4.69, 9.17) is 20.1 Å². The Morgan fingerprint density at radius 3 is 1.43 bits per heavy atom. The smallest absolute Gasteiger partial charge is 0.395 e. The molecular weight excluding hydrogens is 295 g/mol. The molecule has 0 saturated heterocycles. The molecule has 0 spiro atoms. The molecule has 0 saturated carbocycles. The van der Waals surface area contributed by atoms with Gasteiger partial charge in [-0.3, -0.25) is 9.81 Å². The number of hydrogen-bond donors (Lipinski definition) is 2. The highest BCUT2D eigenvalue weighted by molar-refractivity contribution is 7.48. The summed E-state index contributed by atoms with van der Waals surface area (Å²) < 4.78 is 21.5. The molecule has 9 heteroatoms. The van der Waals surface area contributed by atoms with Gasteiger partial charge in [0.15, 0.2) is 0 Å². The zero-order valence-corrected chi connectivity index (χ0v) is 12.1. The number of phosphoric acid groups is 1. The first-order valence-corrected chi connectivity index (χ1v) is 6.87. The molecule has 0 atom stereocenters. The summed E-state index contributed by atoms with van der Waals surface area (Å²) in [6.45, 7) is 0. The van der Waals surface area contributed by atoms with Crippen molar-refractivity contribution in [1.29, 1.82) is 0 Å². The molecule has 0 amide bonds. The highest BCUT2D eigenvalue weighted by Gasteiger charge is 2.24. The summed E-state index contributed by atoms with van der Waals surface area (Å²) in [5.41, 5.74) is 13.5. The summed E-state index contributed by atoms with van der Waals surface area (Å²) >= 11 is 0. The Labute approximate surface area is 121 Å². The van der Waals surface area contributed by atoms with Gasteiger partial charge in [0.25, 0.3) is 0 Å². The second kappa shape index (κ2) is 9.41. The summed E-state index contributed by atoms with van der Waals surface area (Å²) in [6.07, 6.45) is 0. The van der Waals surface area contributed by atoms with E-state index in [-0.39, 0.29) is 17.6 Å². The third-order valence-corrected chi connectivity index (χ3v) is 2.81. The number of quaternary nitrogens is 1. The van der Waals surface area contributed by atoms with Crippen molar-refractivity contribution in [1.82, 2.24) is 6.15 Å². The lowest BCUT2D eigenvalue weighted by molar-refractivity contribution is 0.291. The Kier molecular flexibility index (Phi) is 8.29. The van der Waals surface area contributed by atoms with Gasteiger partial charge < -0.3 is 26.3 Å². The van der Waals surface area contributed by atoms with E-state index in [1.807, 2.05) is 0 Å². The first-order chi connectivity index (χ1) is 9.57. The summed E-state index contributed by atoms with van der Waals surface area (Å²) in [5.74, 6) is 0.573. The lowest BCUT2D eigenvalue weighted by atomic mass is 10.3. The molecule has 0 fully saturated rings. The van der Waals surface area contributed by atoms with E-state index in [9.17, 15) is 9.46 Å². The maximum Gasteiger partial charge on any atom is 0.584 e. The van der Waals surface area contributed by atoms with Gasteiger partial charge in [0.1, 0.15) is 11.5 Å². The van der Waals surface area contributed by atoms with E-state index in [0.717, 1.165) is 0 Å². The molecule has 2 aromatic rings. The van der Waals surface area contributed by atoms with Crippen LogP contribution < -0.4 is 15.2 Å². The van der Waals surface area contributed by atoms with Gasteiger partial charge in [-0.1, -0.05) is 36.4 Å². The van der Waals surface area contributed by atoms with Gasteiger partial charge in [-0.25, -0.2) is 4.57 Å². The van der Waals surface area contributed by atoms with Crippen molar-refractivity contribution in [2.75, 3.05) is 0 Å². The van der Waals surface area contributed by atoms with Crippen LogP contribution >= 0.6 is 7.82 Å². The molecule has 8 nitrogen and oxygen atoms in total. The highest BCUT2D eigenvalue weighted by atomic mass is 31.2. The second-order valence-electron chi connectivity index (χ2n) is 3.37. The average Bonchev–Trinajstić information content (AvgIpc) is 2.40. The van der Waals surface area contributed by atoms with E-state index in [0.29, 0.717) is 0 Å². The molecular formula is C12H15N4O4P. The second-order valence-corrected chi connectivity index (χ2v) is 4.67. The van der Waals surface area contributed by atoms with Crippen molar-refractivity contribution < 1.29 is 18.5 Å². The summed E-state index contributed by atoms with van der Waals surface area (Å²) in [6, 6.07) is 16.7. The number of hydrogen-bond acceptors (Lipinski definition) is 3. The van der Waals surface area contributed by atoms with E-state index in [1.54, 1.807) is 60.7 Å². The lowest BCUT2D eigenvalue weighted by Gasteiger charge is -2.13. The summed E-state index contributed by atoms with van der Waals surface area (Å²) in [5, 5.41) is 0. The van der Waals surface area contributed by atoms with Gasteiger partial charge in [-0.05, 0) is 24.3 Å². The molecule has 2 rings (SSSR count). The van der Waals surface area contributed by atoms with Crippen molar-refractivity contribution in [2.45, 2.75) is 0 Å². The molecule has 0 aliphatic carbocycles. The van der Waals surface area contributed by atoms with Crippen molar-refractivity contribution in [3.05, 3.63) is 76.6 Å². The molecule has 2 aromatic carbocycles. The molecule has 0 aromatic heterocycles. The minimum Gasteiger partial charge on any atom is -0.395 e. The predicted molar refractivity (Wildman–Crippen MR) is 80.0 cm³/mol. The molecule has 0 heterocycles. The van der Waals surface area contributed by atoms with Crippen molar-refractivity contribution in [3.8, 4) is 11.5 Å². The van der Waals surface area contributed by atoms with Gasteiger partial charge in [0, 0.05) is 0 Å². The van der Waals surface area contributed by atoms with Crippen LogP contribution in [-0.2, 0) is 4.57 Å². The normalized spacial score (nSPS) is 9.19. The maximum absolute atomic E-state index is 11.7. The summed E-state index contributed by atoms with van der Waals surface area (Å²) in [4.78, 5) is 11.0. The third kappa shape index (κ3) is 7.61. The van der Waals surface area contributed by atoms with Crippen LogP contribution in [0.15, 0.2) is 60.7 Å². The Balaban J connectivity index is 0.000000922. The highest BCUT2D eigenvalue weighted by Crippen LogP contribution is 2.43. The predicted octanol–water partition coefficient (Wildman–Crippen LogP) is 4.49. The van der Waals surface area contributed by atoms with Gasteiger partial charge >= 0.3 is 7.82 Å². The van der Waals surface area contributed by atoms with Crippen LogP contribution in [0.25, 0.3) is 16.0 Å². The number of para-hydroxylation sites is 2. The van der Waals surface area contributed by atoms with Crippen LogP contribution in [-0.4, -0.2) is 4.89 Å². The van der Waals surface area contributed by atoms with Crippen LogP contribution in [0.5, 0.6) is 11.5 Å². The van der Waals surface area contributed by atoms with E-state index in [2.05, 4.69) is 0 Å². The number of nitrogens with zero attached hydrogens (tertiary/aromatic N) is 3. The van der Waals surface area contributed by atoms with E-state index < -0.39 is 7.82 Å². The third-order valence-electron chi connectivity index (χ3n) is 1.93. The van der Waals surface area contributed by atoms with Crippen LogP contribution in [0.4, 0.5) is 0 Å². The van der Waals surface area contributed by atoms with Crippen molar-refractivity contribution >= 4 is 7.82 Å². The first-order valence-electron chi connectivity index (χ1n) is 5.38. The number of rotatable bonds is 4.